The van der Waals surface area contributed by atoms with Crippen molar-refractivity contribution in [1.82, 2.24) is 9.80 Å². The van der Waals surface area contributed by atoms with Crippen LogP contribution in [0.3, 0.4) is 0 Å². The maximum absolute atomic E-state index is 12.1. The first kappa shape index (κ1) is 17.1. The predicted molar refractivity (Wildman–Crippen MR) is 89.5 cm³/mol. The van der Waals surface area contributed by atoms with Crippen LogP contribution in [-0.4, -0.2) is 69.1 Å². The van der Waals surface area contributed by atoms with E-state index in [9.17, 15) is 4.79 Å². The van der Waals surface area contributed by atoms with Gasteiger partial charge in [0.15, 0.2) is 0 Å². The van der Waals surface area contributed by atoms with Crippen LogP contribution in [0.15, 0.2) is 24.3 Å². The van der Waals surface area contributed by atoms with E-state index in [-0.39, 0.29) is 5.91 Å². The van der Waals surface area contributed by atoms with E-state index in [1.54, 1.807) is 19.1 Å². The Morgan fingerprint density at radius 1 is 1.26 bits per heavy atom. The van der Waals surface area contributed by atoms with Crippen molar-refractivity contribution < 1.29 is 9.53 Å². The second-order valence-electron chi connectivity index (χ2n) is 5.68. The quantitative estimate of drug-likeness (QED) is 0.789. The molecule has 1 aromatic rings. The first-order valence-electron chi connectivity index (χ1n) is 7.86. The van der Waals surface area contributed by atoms with Crippen molar-refractivity contribution in [2.75, 3.05) is 58.3 Å². The second-order valence-corrected chi connectivity index (χ2v) is 5.68. The highest BCUT2D eigenvalue weighted by molar-refractivity contribution is 5.78. The highest BCUT2D eigenvalue weighted by atomic mass is 16.5. The van der Waals surface area contributed by atoms with Crippen LogP contribution in [0.5, 0.6) is 5.75 Å². The smallest absolute Gasteiger partial charge is 0.236 e. The zero-order chi connectivity index (χ0) is 16.7. The average molecular weight is 316 g/mol. The lowest BCUT2D eigenvalue weighted by Crippen LogP contribution is -2.49. The summed E-state index contributed by atoms with van der Waals surface area (Å²) in [5.74, 6) is 0.941. The molecule has 1 aliphatic rings. The summed E-state index contributed by atoms with van der Waals surface area (Å²) in [6.45, 7) is 4.47. The molecule has 2 rings (SSSR count). The van der Waals surface area contributed by atoms with Crippen LogP contribution in [-0.2, 0) is 4.79 Å². The fourth-order valence-corrected chi connectivity index (χ4v) is 2.61. The van der Waals surface area contributed by atoms with Crippen LogP contribution in [0, 0.1) is 11.3 Å². The summed E-state index contributed by atoms with van der Waals surface area (Å²) in [6, 6.07) is 10.1. The molecule has 1 heterocycles. The van der Waals surface area contributed by atoms with Gasteiger partial charge >= 0.3 is 0 Å². The van der Waals surface area contributed by atoms with Gasteiger partial charge in [-0.2, -0.15) is 5.26 Å². The monoisotopic (exact) mass is 316 g/mol. The summed E-state index contributed by atoms with van der Waals surface area (Å²) < 4.78 is 5.18. The number of anilines is 1. The van der Waals surface area contributed by atoms with Gasteiger partial charge in [-0.15, -0.1) is 0 Å². The Bertz CT molecular complexity index is 545. The standard InChI is InChI=1S/C17H24N4O2/c1-19(9-3-8-18)17(22)14-20-10-12-21(13-11-20)15-4-6-16(23-2)7-5-15/h4-7H,3,9-14H2,1-2H3. The average Bonchev–Trinajstić information content (AvgIpc) is 2.60. The molecule has 0 radical (unpaired) electrons. The van der Waals surface area contributed by atoms with Gasteiger partial charge in [-0.3, -0.25) is 9.69 Å². The molecule has 0 spiro atoms. The molecule has 1 aliphatic heterocycles. The van der Waals surface area contributed by atoms with Crippen LogP contribution in [0.4, 0.5) is 5.69 Å². The maximum Gasteiger partial charge on any atom is 0.236 e. The number of benzene rings is 1. The number of carbonyl (C=O) groups is 1. The molecule has 23 heavy (non-hydrogen) atoms. The zero-order valence-electron chi connectivity index (χ0n) is 13.9. The predicted octanol–water partition coefficient (Wildman–Crippen LogP) is 1.19. The van der Waals surface area contributed by atoms with Gasteiger partial charge < -0.3 is 14.5 Å². The third-order valence-corrected chi connectivity index (χ3v) is 4.15. The van der Waals surface area contributed by atoms with E-state index < -0.39 is 0 Å². The first-order valence-corrected chi connectivity index (χ1v) is 7.86. The van der Waals surface area contributed by atoms with Crippen LogP contribution >= 0.6 is 0 Å². The summed E-state index contributed by atoms with van der Waals surface area (Å²) >= 11 is 0. The molecule has 0 N–H and O–H groups in total. The molecule has 0 aliphatic carbocycles. The van der Waals surface area contributed by atoms with Crippen LogP contribution < -0.4 is 9.64 Å². The Morgan fingerprint density at radius 3 is 2.48 bits per heavy atom. The number of nitrogens with zero attached hydrogens (tertiary/aromatic N) is 4. The van der Waals surface area contributed by atoms with E-state index >= 15 is 0 Å². The van der Waals surface area contributed by atoms with Crippen molar-refractivity contribution in [3.05, 3.63) is 24.3 Å². The zero-order valence-corrected chi connectivity index (χ0v) is 13.9. The Kier molecular flexibility index (Phi) is 6.24. The lowest BCUT2D eigenvalue weighted by Gasteiger charge is -2.36. The van der Waals surface area contributed by atoms with Gasteiger partial charge in [0.1, 0.15) is 5.75 Å². The minimum Gasteiger partial charge on any atom is -0.497 e. The number of piperazine rings is 1. The molecule has 1 aromatic carbocycles. The Hall–Kier alpha value is -2.26. The van der Waals surface area contributed by atoms with Gasteiger partial charge in [-0.05, 0) is 24.3 Å². The summed E-state index contributed by atoms with van der Waals surface area (Å²) in [5, 5.41) is 8.58. The van der Waals surface area contributed by atoms with Crippen LogP contribution in [0.25, 0.3) is 0 Å². The number of methoxy groups -OCH3 is 1. The Labute approximate surface area is 137 Å². The van der Waals surface area contributed by atoms with Crippen molar-refractivity contribution in [1.29, 1.82) is 5.26 Å². The molecule has 0 unspecified atom stereocenters. The number of hydrogen-bond acceptors (Lipinski definition) is 5. The van der Waals surface area contributed by atoms with Crippen molar-refractivity contribution in [3.8, 4) is 11.8 Å². The number of amides is 1. The van der Waals surface area contributed by atoms with Gasteiger partial charge in [0.05, 0.1) is 26.1 Å². The molecule has 1 amide bonds. The molecular formula is C17H24N4O2. The topological polar surface area (TPSA) is 59.8 Å². The number of likely N-dealkylation sites (N-methyl/N-ethyl adjacent to an activating group) is 1. The van der Waals surface area contributed by atoms with Crippen LogP contribution in [0.2, 0.25) is 0 Å². The minimum absolute atomic E-state index is 0.0816. The third-order valence-electron chi connectivity index (χ3n) is 4.15. The van der Waals surface area contributed by atoms with E-state index in [1.807, 2.05) is 12.1 Å². The van der Waals surface area contributed by atoms with Crippen molar-refractivity contribution in [2.45, 2.75) is 6.42 Å². The van der Waals surface area contributed by atoms with E-state index in [4.69, 9.17) is 10.00 Å². The number of carbonyl (C=O) groups excluding carboxylic acids is 1. The first-order chi connectivity index (χ1) is 11.1. The molecule has 0 saturated carbocycles. The summed E-state index contributed by atoms with van der Waals surface area (Å²) in [7, 11) is 3.42. The largest absolute Gasteiger partial charge is 0.497 e. The molecule has 0 atom stereocenters. The van der Waals surface area contributed by atoms with E-state index in [2.05, 4.69) is 28.0 Å². The molecular weight excluding hydrogens is 292 g/mol. The lowest BCUT2D eigenvalue weighted by molar-refractivity contribution is -0.131. The Morgan fingerprint density at radius 2 is 1.91 bits per heavy atom. The normalized spacial score (nSPS) is 15.1. The molecule has 124 valence electrons. The fraction of sp³-hybridized carbons (Fsp3) is 0.529. The minimum atomic E-state index is 0.0816. The maximum atomic E-state index is 12.1. The van der Waals surface area contributed by atoms with E-state index in [1.165, 1.54) is 5.69 Å². The van der Waals surface area contributed by atoms with E-state index in [0.29, 0.717) is 19.5 Å². The van der Waals surface area contributed by atoms with Crippen molar-refractivity contribution in [3.63, 3.8) is 0 Å². The summed E-state index contributed by atoms with van der Waals surface area (Å²) in [6.07, 6.45) is 0.382. The number of nitriles is 1. The summed E-state index contributed by atoms with van der Waals surface area (Å²) in [4.78, 5) is 18.2. The molecule has 6 heteroatoms. The van der Waals surface area contributed by atoms with Crippen molar-refractivity contribution in [2.24, 2.45) is 0 Å². The number of hydrogen-bond donors (Lipinski definition) is 0. The number of ether oxygens (including phenoxy) is 1. The molecule has 0 aromatic heterocycles. The van der Waals surface area contributed by atoms with Gasteiger partial charge in [-0.25, -0.2) is 0 Å². The summed E-state index contributed by atoms with van der Waals surface area (Å²) in [5.41, 5.74) is 1.18. The molecule has 0 bridgehead atoms. The Balaban J connectivity index is 1.79. The van der Waals surface area contributed by atoms with Gasteiger partial charge in [-0.1, -0.05) is 0 Å². The van der Waals surface area contributed by atoms with Crippen LogP contribution in [0.1, 0.15) is 6.42 Å². The van der Waals surface area contributed by atoms with Gasteiger partial charge in [0, 0.05) is 45.5 Å². The third kappa shape index (κ3) is 4.86. The van der Waals surface area contributed by atoms with Crippen molar-refractivity contribution >= 4 is 11.6 Å². The van der Waals surface area contributed by atoms with Gasteiger partial charge in [0.2, 0.25) is 5.91 Å². The molecule has 1 saturated heterocycles. The second kappa shape index (κ2) is 8.39. The molecule has 6 nitrogen and oxygen atoms in total. The fourth-order valence-electron chi connectivity index (χ4n) is 2.61. The lowest BCUT2D eigenvalue weighted by atomic mass is 10.2. The van der Waals surface area contributed by atoms with E-state index in [0.717, 1.165) is 31.9 Å². The SMILES string of the molecule is COc1ccc(N2CCN(CC(=O)N(C)CCC#N)CC2)cc1. The highest BCUT2D eigenvalue weighted by Crippen LogP contribution is 2.20. The highest BCUT2D eigenvalue weighted by Gasteiger charge is 2.20. The number of rotatable bonds is 6. The molecule has 1 fully saturated rings. The van der Waals surface area contributed by atoms with Gasteiger partial charge in [0.25, 0.3) is 0 Å².